The Morgan fingerprint density at radius 2 is 1.95 bits per heavy atom. The zero-order valence-electron chi connectivity index (χ0n) is 11.0. The maximum atomic E-state index is 11.9. The Morgan fingerprint density at radius 1 is 1.30 bits per heavy atom. The Kier molecular flexibility index (Phi) is 6.12. The van der Waals surface area contributed by atoms with E-state index >= 15 is 0 Å². The van der Waals surface area contributed by atoms with Crippen molar-refractivity contribution in [1.82, 2.24) is 0 Å². The summed E-state index contributed by atoms with van der Waals surface area (Å²) in [6, 6.07) is 7.28. The SMILES string of the molecule is C[C@H](/C=C/C(=O)C(=O)O)C(=O)CCc1ccccc1Cl. The third-order valence-electron chi connectivity index (χ3n) is 2.85. The van der Waals surface area contributed by atoms with E-state index in [0.717, 1.165) is 11.6 Å². The quantitative estimate of drug-likeness (QED) is 0.620. The van der Waals surface area contributed by atoms with Crippen molar-refractivity contribution in [2.75, 3.05) is 0 Å². The molecule has 0 fully saturated rings. The second-order valence-corrected chi connectivity index (χ2v) is 4.78. The van der Waals surface area contributed by atoms with Gasteiger partial charge in [0.25, 0.3) is 5.78 Å². The first kappa shape index (κ1) is 16.1. The molecule has 0 aromatic heterocycles. The van der Waals surface area contributed by atoms with Crippen molar-refractivity contribution in [3.05, 3.63) is 47.0 Å². The number of hydrogen-bond acceptors (Lipinski definition) is 3. The average molecular weight is 295 g/mol. The van der Waals surface area contributed by atoms with E-state index in [4.69, 9.17) is 16.7 Å². The summed E-state index contributed by atoms with van der Waals surface area (Å²) in [5.41, 5.74) is 0.889. The lowest BCUT2D eigenvalue weighted by Crippen LogP contribution is -2.12. The van der Waals surface area contributed by atoms with Gasteiger partial charge in [0.2, 0.25) is 0 Å². The molecule has 0 spiro atoms. The fourth-order valence-electron chi connectivity index (χ4n) is 1.60. The van der Waals surface area contributed by atoms with Crippen LogP contribution in [0.1, 0.15) is 18.9 Å². The normalized spacial score (nSPS) is 12.3. The van der Waals surface area contributed by atoms with Gasteiger partial charge in [-0.2, -0.15) is 0 Å². The van der Waals surface area contributed by atoms with Crippen LogP contribution in [-0.2, 0) is 20.8 Å². The molecule has 0 radical (unpaired) electrons. The molecule has 1 rings (SSSR count). The summed E-state index contributed by atoms with van der Waals surface area (Å²) in [6.45, 7) is 1.63. The fourth-order valence-corrected chi connectivity index (χ4v) is 1.83. The van der Waals surface area contributed by atoms with Crippen LogP contribution in [0.5, 0.6) is 0 Å². The molecule has 0 amide bonds. The molecule has 1 N–H and O–H groups in total. The van der Waals surface area contributed by atoms with Gasteiger partial charge >= 0.3 is 5.97 Å². The minimum Gasteiger partial charge on any atom is -0.475 e. The maximum absolute atomic E-state index is 11.9. The lowest BCUT2D eigenvalue weighted by molar-refractivity contribution is -0.146. The third kappa shape index (κ3) is 4.97. The number of carboxylic acids is 1. The number of carbonyl (C=O) groups excluding carboxylic acids is 2. The number of benzene rings is 1. The van der Waals surface area contributed by atoms with Crippen molar-refractivity contribution in [2.24, 2.45) is 5.92 Å². The molecule has 0 aliphatic carbocycles. The minimum atomic E-state index is -1.53. The van der Waals surface area contributed by atoms with Gasteiger partial charge in [0.1, 0.15) is 5.78 Å². The second kappa shape index (κ2) is 7.60. The Balaban J connectivity index is 2.53. The summed E-state index contributed by atoms with van der Waals surface area (Å²) in [6.07, 6.45) is 3.03. The van der Waals surface area contributed by atoms with E-state index in [9.17, 15) is 14.4 Å². The molecule has 0 heterocycles. The standard InChI is InChI=1S/C15H15ClO4/c1-10(6-8-14(18)15(19)20)13(17)9-7-11-4-2-3-5-12(11)16/h2-6,8,10H,7,9H2,1H3,(H,19,20)/b8-6+/t10-/m1/s1. The lowest BCUT2D eigenvalue weighted by Gasteiger charge is -2.06. The zero-order valence-corrected chi connectivity index (χ0v) is 11.8. The molecular weight excluding hydrogens is 280 g/mol. The lowest BCUT2D eigenvalue weighted by atomic mass is 9.99. The van der Waals surface area contributed by atoms with Crippen LogP contribution >= 0.6 is 11.6 Å². The summed E-state index contributed by atoms with van der Waals surface area (Å²) >= 11 is 5.99. The molecule has 5 heteroatoms. The summed E-state index contributed by atoms with van der Waals surface area (Å²) in [5.74, 6) is -3.13. The number of allylic oxidation sites excluding steroid dienone is 1. The van der Waals surface area contributed by atoms with Crippen molar-refractivity contribution >= 4 is 29.1 Å². The van der Waals surface area contributed by atoms with E-state index in [1.807, 2.05) is 18.2 Å². The largest absolute Gasteiger partial charge is 0.475 e. The number of Topliss-reactive ketones (excluding diaryl/α,β-unsaturated/α-hetero) is 1. The second-order valence-electron chi connectivity index (χ2n) is 4.37. The van der Waals surface area contributed by atoms with Gasteiger partial charge < -0.3 is 5.11 Å². The highest BCUT2D eigenvalue weighted by atomic mass is 35.5. The summed E-state index contributed by atoms with van der Waals surface area (Å²) in [5, 5.41) is 9.03. The number of hydrogen-bond donors (Lipinski definition) is 1. The Morgan fingerprint density at radius 3 is 2.55 bits per heavy atom. The van der Waals surface area contributed by atoms with Gasteiger partial charge in [-0.3, -0.25) is 9.59 Å². The zero-order chi connectivity index (χ0) is 15.1. The molecule has 0 saturated carbocycles. The summed E-state index contributed by atoms with van der Waals surface area (Å²) in [7, 11) is 0. The molecule has 1 aromatic rings. The fraction of sp³-hybridized carbons (Fsp3) is 0.267. The molecule has 106 valence electrons. The Bertz CT molecular complexity index is 549. The monoisotopic (exact) mass is 294 g/mol. The molecule has 1 atom stereocenters. The number of ketones is 2. The maximum Gasteiger partial charge on any atom is 0.376 e. The van der Waals surface area contributed by atoms with Crippen LogP contribution in [0.25, 0.3) is 0 Å². The van der Waals surface area contributed by atoms with Crippen LogP contribution in [0.2, 0.25) is 5.02 Å². The van der Waals surface area contributed by atoms with Gasteiger partial charge in [-0.1, -0.05) is 42.8 Å². The van der Waals surface area contributed by atoms with Crippen molar-refractivity contribution in [2.45, 2.75) is 19.8 Å². The average Bonchev–Trinajstić information content (AvgIpc) is 2.42. The van der Waals surface area contributed by atoms with Gasteiger partial charge in [0.15, 0.2) is 0 Å². The molecule has 0 bridgehead atoms. The van der Waals surface area contributed by atoms with Crippen LogP contribution in [0.15, 0.2) is 36.4 Å². The van der Waals surface area contributed by atoms with E-state index in [-0.39, 0.29) is 12.2 Å². The highest BCUT2D eigenvalue weighted by Gasteiger charge is 2.13. The molecular formula is C15H15ClO4. The highest BCUT2D eigenvalue weighted by Crippen LogP contribution is 2.17. The predicted molar refractivity (Wildman–Crippen MR) is 75.7 cm³/mol. The molecule has 0 saturated heterocycles. The van der Waals surface area contributed by atoms with Gasteiger partial charge in [-0.15, -0.1) is 0 Å². The number of carbonyl (C=O) groups is 3. The van der Waals surface area contributed by atoms with Crippen molar-refractivity contribution in [3.63, 3.8) is 0 Å². The number of halogens is 1. The smallest absolute Gasteiger partial charge is 0.376 e. The molecule has 0 unspecified atom stereocenters. The third-order valence-corrected chi connectivity index (χ3v) is 3.22. The predicted octanol–water partition coefficient (Wildman–Crippen LogP) is 2.69. The molecule has 0 aliphatic rings. The van der Waals surface area contributed by atoms with E-state index in [1.54, 1.807) is 13.0 Å². The highest BCUT2D eigenvalue weighted by molar-refractivity contribution is 6.37. The summed E-state index contributed by atoms with van der Waals surface area (Å²) < 4.78 is 0. The number of aliphatic carboxylic acids is 1. The van der Waals surface area contributed by atoms with Crippen molar-refractivity contribution in [1.29, 1.82) is 0 Å². The molecule has 4 nitrogen and oxygen atoms in total. The first-order valence-electron chi connectivity index (χ1n) is 6.13. The molecule has 20 heavy (non-hydrogen) atoms. The van der Waals surface area contributed by atoms with Gasteiger partial charge in [0.05, 0.1) is 0 Å². The number of rotatable bonds is 7. The first-order chi connectivity index (χ1) is 9.41. The van der Waals surface area contributed by atoms with E-state index < -0.39 is 17.7 Å². The van der Waals surface area contributed by atoms with E-state index in [1.165, 1.54) is 6.08 Å². The molecule has 1 aromatic carbocycles. The van der Waals surface area contributed by atoms with Crippen LogP contribution in [0.3, 0.4) is 0 Å². The number of carboxylic acid groups (broad SMARTS) is 1. The van der Waals surface area contributed by atoms with Gasteiger partial charge in [0, 0.05) is 17.4 Å². The van der Waals surface area contributed by atoms with Gasteiger partial charge in [-0.25, -0.2) is 4.79 Å². The van der Waals surface area contributed by atoms with E-state index in [2.05, 4.69) is 0 Å². The van der Waals surface area contributed by atoms with Crippen molar-refractivity contribution in [3.8, 4) is 0 Å². The van der Waals surface area contributed by atoms with Crippen molar-refractivity contribution < 1.29 is 19.5 Å². The molecule has 0 aliphatic heterocycles. The van der Waals surface area contributed by atoms with E-state index in [0.29, 0.717) is 11.4 Å². The summed E-state index contributed by atoms with van der Waals surface area (Å²) in [4.78, 5) is 33.1. The first-order valence-corrected chi connectivity index (χ1v) is 6.51. The van der Waals surface area contributed by atoms with Crippen LogP contribution in [-0.4, -0.2) is 22.6 Å². The topological polar surface area (TPSA) is 71.4 Å². The van der Waals surface area contributed by atoms with Crippen LogP contribution in [0.4, 0.5) is 0 Å². The minimum absolute atomic E-state index is 0.0700. The van der Waals surface area contributed by atoms with Gasteiger partial charge in [-0.05, 0) is 24.1 Å². The Hall–Kier alpha value is -1.94. The van der Waals surface area contributed by atoms with Crippen LogP contribution in [0, 0.1) is 5.92 Å². The van der Waals surface area contributed by atoms with Crippen LogP contribution < -0.4 is 0 Å². The number of aryl methyl sites for hydroxylation is 1. The Labute approximate surface area is 122 Å².